The molecule has 3 saturated heterocycles. The molecule has 2 bridgehead atoms. The van der Waals surface area contributed by atoms with E-state index in [1.807, 2.05) is 13.8 Å². The zero-order valence-electron chi connectivity index (χ0n) is 18.8. The van der Waals surface area contributed by atoms with E-state index >= 15 is 0 Å². The first-order chi connectivity index (χ1) is 14.2. The Hall–Kier alpha value is -1.67. The van der Waals surface area contributed by atoms with Crippen molar-refractivity contribution < 1.29 is 29.0 Å². The molecule has 0 radical (unpaired) electrons. The van der Waals surface area contributed by atoms with Crippen LogP contribution in [0.3, 0.4) is 0 Å². The van der Waals surface area contributed by atoms with Gasteiger partial charge in [-0.1, -0.05) is 26.7 Å². The van der Waals surface area contributed by atoms with Crippen molar-refractivity contribution >= 4 is 17.8 Å². The minimum atomic E-state index is -1.08. The van der Waals surface area contributed by atoms with Crippen LogP contribution in [0.2, 0.25) is 0 Å². The van der Waals surface area contributed by atoms with Gasteiger partial charge in [0.15, 0.2) is 0 Å². The van der Waals surface area contributed by atoms with Crippen molar-refractivity contribution in [1.29, 1.82) is 0 Å². The monoisotopic (exact) mass is 424 g/mol. The maximum atomic E-state index is 13.6. The van der Waals surface area contributed by atoms with Gasteiger partial charge in [0.25, 0.3) is 0 Å². The summed E-state index contributed by atoms with van der Waals surface area (Å²) in [5.74, 6) is -2.59. The summed E-state index contributed by atoms with van der Waals surface area (Å²) in [6.07, 6.45) is 3.41. The van der Waals surface area contributed by atoms with Gasteiger partial charge in [0.05, 0.1) is 30.8 Å². The summed E-state index contributed by atoms with van der Waals surface area (Å²) in [5, 5.41) is 12.8. The number of nitrogens with zero attached hydrogens (tertiary/aromatic N) is 1. The van der Waals surface area contributed by atoms with Crippen LogP contribution in [0.15, 0.2) is 0 Å². The van der Waals surface area contributed by atoms with Crippen LogP contribution in [0, 0.1) is 17.8 Å². The van der Waals surface area contributed by atoms with Crippen LogP contribution in [0.4, 0.5) is 0 Å². The van der Waals surface area contributed by atoms with E-state index in [2.05, 4.69) is 12.2 Å². The lowest BCUT2D eigenvalue weighted by molar-refractivity contribution is -0.162. The number of amides is 2. The molecule has 3 aliphatic heterocycles. The molecule has 1 spiro atoms. The zero-order valence-corrected chi connectivity index (χ0v) is 18.8. The van der Waals surface area contributed by atoms with Crippen molar-refractivity contribution in [3.8, 4) is 0 Å². The number of esters is 1. The second-order valence-corrected chi connectivity index (χ2v) is 9.23. The van der Waals surface area contributed by atoms with Gasteiger partial charge in [0.1, 0.15) is 17.6 Å². The molecule has 8 nitrogen and oxygen atoms in total. The van der Waals surface area contributed by atoms with E-state index in [1.54, 1.807) is 13.8 Å². The van der Waals surface area contributed by atoms with Gasteiger partial charge < -0.3 is 24.8 Å². The Bertz CT molecular complexity index is 699. The van der Waals surface area contributed by atoms with Crippen molar-refractivity contribution in [2.75, 3.05) is 19.8 Å². The summed E-state index contributed by atoms with van der Waals surface area (Å²) in [6.45, 7) is 9.85. The molecule has 0 aliphatic carbocycles. The van der Waals surface area contributed by atoms with E-state index in [4.69, 9.17) is 9.47 Å². The lowest BCUT2D eigenvalue weighted by Gasteiger charge is -2.36. The maximum Gasteiger partial charge on any atom is 0.312 e. The molecule has 0 aromatic carbocycles. The zero-order chi connectivity index (χ0) is 22.3. The number of likely N-dealkylation sites (tertiary alicyclic amines) is 1. The maximum absolute atomic E-state index is 13.6. The quantitative estimate of drug-likeness (QED) is 0.426. The Kier molecular flexibility index (Phi) is 6.49. The molecule has 7 atom stereocenters. The Labute approximate surface area is 178 Å². The largest absolute Gasteiger partial charge is 0.466 e. The van der Waals surface area contributed by atoms with Crippen LogP contribution >= 0.6 is 0 Å². The molecule has 170 valence electrons. The molecule has 2 N–H and O–H groups in total. The summed E-state index contributed by atoms with van der Waals surface area (Å²) in [7, 11) is 0. The van der Waals surface area contributed by atoms with E-state index in [0.717, 1.165) is 19.3 Å². The fourth-order valence-corrected chi connectivity index (χ4v) is 5.81. The van der Waals surface area contributed by atoms with Crippen LogP contribution in [0.5, 0.6) is 0 Å². The van der Waals surface area contributed by atoms with Gasteiger partial charge in [0, 0.05) is 6.54 Å². The van der Waals surface area contributed by atoms with Crippen LogP contribution in [0.25, 0.3) is 0 Å². The van der Waals surface area contributed by atoms with Crippen LogP contribution < -0.4 is 5.32 Å². The Morgan fingerprint density at radius 2 is 2.07 bits per heavy atom. The molecule has 3 unspecified atom stereocenters. The van der Waals surface area contributed by atoms with Gasteiger partial charge in [0.2, 0.25) is 11.8 Å². The number of fused-ring (bicyclic) bond motifs is 1. The summed E-state index contributed by atoms with van der Waals surface area (Å²) in [4.78, 5) is 41.3. The van der Waals surface area contributed by atoms with Gasteiger partial charge >= 0.3 is 5.97 Å². The number of aliphatic hydroxyl groups excluding tert-OH is 1. The minimum absolute atomic E-state index is 0.0178. The second-order valence-electron chi connectivity index (χ2n) is 9.23. The Morgan fingerprint density at radius 3 is 2.67 bits per heavy atom. The van der Waals surface area contributed by atoms with E-state index < -0.39 is 41.1 Å². The molecule has 0 aromatic heterocycles. The van der Waals surface area contributed by atoms with Crippen LogP contribution in [-0.4, -0.2) is 70.8 Å². The number of hydrogen-bond donors (Lipinski definition) is 2. The molecule has 30 heavy (non-hydrogen) atoms. The average molecular weight is 425 g/mol. The van der Waals surface area contributed by atoms with Gasteiger partial charge in [-0.25, -0.2) is 0 Å². The smallest absolute Gasteiger partial charge is 0.312 e. The highest BCUT2D eigenvalue weighted by atomic mass is 16.6. The number of rotatable bonds is 9. The molecular weight excluding hydrogens is 388 g/mol. The van der Waals surface area contributed by atoms with E-state index in [1.165, 1.54) is 4.90 Å². The lowest BCUT2D eigenvalue weighted by Crippen LogP contribution is -2.57. The van der Waals surface area contributed by atoms with Crippen molar-refractivity contribution in [2.24, 2.45) is 17.8 Å². The molecule has 3 aliphatic rings. The fraction of sp³-hybridized carbons (Fsp3) is 0.864. The lowest BCUT2D eigenvalue weighted by atomic mass is 9.62. The summed E-state index contributed by atoms with van der Waals surface area (Å²) >= 11 is 0. The first-order valence-corrected chi connectivity index (χ1v) is 11.3. The van der Waals surface area contributed by atoms with Crippen molar-refractivity contribution in [3.63, 3.8) is 0 Å². The number of carbonyl (C=O) groups excluding carboxylic acids is 3. The molecule has 2 amide bonds. The van der Waals surface area contributed by atoms with Crippen LogP contribution in [-0.2, 0) is 23.9 Å². The van der Waals surface area contributed by atoms with Crippen molar-refractivity contribution in [2.45, 2.75) is 83.6 Å². The highest BCUT2D eigenvalue weighted by Gasteiger charge is 2.80. The van der Waals surface area contributed by atoms with Gasteiger partial charge in [-0.2, -0.15) is 0 Å². The van der Waals surface area contributed by atoms with E-state index in [9.17, 15) is 19.5 Å². The third-order valence-electron chi connectivity index (χ3n) is 7.36. The Morgan fingerprint density at radius 1 is 1.37 bits per heavy atom. The average Bonchev–Trinajstić information content (AvgIpc) is 3.22. The fourth-order valence-electron chi connectivity index (χ4n) is 5.81. The molecular formula is C22H36N2O6. The molecule has 0 saturated carbocycles. The van der Waals surface area contributed by atoms with Gasteiger partial charge in [-0.15, -0.1) is 0 Å². The van der Waals surface area contributed by atoms with Gasteiger partial charge in [-0.3, -0.25) is 14.4 Å². The highest BCUT2D eigenvalue weighted by molar-refractivity contribution is 5.98. The third-order valence-corrected chi connectivity index (χ3v) is 7.36. The second kappa shape index (κ2) is 8.46. The SMILES string of the molecule is CCCCCNC(=O)C1N([C@H](C)CO)C(=O)[C@@H]2[C@H](C(=O)OCC)[C@@]3(C)OC12CC3C. The highest BCUT2D eigenvalue weighted by Crippen LogP contribution is 2.65. The predicted octanol–water partition coefficient (Wildman–Crippen LogP) is 1.25. The number of unbranched alkanes of at least 4 members (excludes halogenated alkanes) is 2. The minimum Gasteiger partial charge on any atom is -0.466 e. The topological polar surface area (TPSA) is 105 Å². The van der Waals surface area contributed by atoms with Crippen molar-refractivity contribution in [3.05, 3.63) is 0 Å². The molecule has 3 rings (SSSR count). The summed E-state index contributed by atoms with van der Waals surface area (Å²) < 4.78 is 11.8. The van der Waals surface area contributed by atoms with Gasteiger partial charge in [-0.05, 0) is 39.5 Å². The molecule has 0 aromatic rings. The number of nitrogens with one attached hydrogen (secondary N) is 1. The summed E-state index contributed by atoms with van der Waals surface area (Å²) in [5.41, 5.74) is -1.94. The molecule has 3 heterocycles. The summed E-state index contributed by atoms with van der Waals surface area (Å²) in [6, 6.07) is -1.43. The first-order valence-electron chi connectivity index (χ1n) is 11.3. The Balaban J connectivity index is 2.00. The van der Waals surface area contributed by atoms with Crippen LogP contribution in [0.1, 0.15) is 60.3 Å². The standard InChI is InChI=1S/C22H36N2O6/c1-6-8-9-10-23-18(26)17-22-11-13(3)21(5,30-22)16(20(28)29-7-2)15(22)19(27)24(17)14(4)12-25/h13-17,25H,6-12H2,1-5H3,(H,23,26)/t13?,14-,15+,16-,17?,21+,22?/m1/s1. The number of ether oxygens (including phenoxy) is 2. The third kappa shape index (κ3) is 3.23. The van der Waals surface area contributed by atoms with E-state index in [0.29, 0.717) is 13.0 Å². The number of carbonyl (C=O) groups is 3. The number of aliphatic hydroxyl groups is 1. The first kappa shape index (κ1) is 23.0. The predicted molar refractivity (Wildman–Crippen MR) is 109 cm³/mol. The number of hydrogen-bond acceptors (Lipinski definition) is 6. The normalized spacial score (nSPS) is 37.9. The van der Waals surface area contributed by atoms with E-state index in [-0.39, 0.29) is 30.9 Å². The molecule has 8 heteroatoms. The van der Waals surface area contributed by atoms with Crippen molar-refractivity contribution in [1.82, 2.24) is 10.2 Å². The molecule has 3 fully saturated rings.